The number of Topliss-reactive ketones (excluding diaryl/α,β-unsaturated/α-hetero) is 1. The predicted molar refractivity (Wildman–Crippen MR) is 78.6 cm³/mol. The normalized spacial score (nSPS) is 19.6. The van der Waals surface area contributed by atoms with Gasteiger partial charge in [-0.1, -0.05) is 30.7 Å². The van der Waals surface area contributed by atoms with E-state index in [9.17, 15) is 9.59 Å². The summed E-state index contributed by atoms with van der Waals surface area (Å²) in [5, 5.41) is 8.98. The Balaban J connectivity index is 2.17. The van der Waals surface area contributed by atoms with E-state index in [1.54, 1.807) is 6.92 Å². The maximum absolute atomic E-state index is 11.9. The molecule has 0 aromatic heterocycles. The first-order valence-corrected chi connectivity index (χ1v) is 7.14. The van der Waals surface area contributed by atoms with Crippen molar-refractivity contribution in [3.63, 3.8) is 0 Å². The molecule has 1 aromatic carbocycles. The van der Waals surface area contributed by atoms with Gasteiger partial charge in [0.05, 0.1) is 5.92 Å². The van der Waals surface area contributed by atoms with E-state index in [2.05, 4.69) is 0 Å². The second-order valence-electron chi connectivity index (χ2n) is 5.38. The van der Waals surface area contributed by atoms with E-state index in [1.807, 2.05) is 30.3 Å². The third-order valence-corrected chi connectivity index (χ3v) is 3.86. The van der Waals surface area contributed by atoms with Crippen molar-refractivity contribution in [3.8, 4) is 0 Å². The third kappa shape index (κ3) is 3.56. The van der Waals surface area contributed by atoms with E-state index < -0.39 is 11.9 Å². The van der Waals surface area contributed by atoms with Crippen LogP contribution in [0, 0.1) is 0 Å². The maximum Gasteiger partial charge on any atom is 0.310 e. The summed E-state index contributed by atoms with van der Waals surface area (Å²) < 4.78 is 0. The topological polar surface area (TPSA) is 54.4 Å². The van der Waals surface area contributed by atoms with E-state index in [0.717, 1.165) is 42.4 Å². The number of carboxylic acids is 1. The van der Waals surface area contributed by atoms with Crippen molar-refractivity contribution in [1.29, 1.82) is 0 Å². The van der Waals surface area contributed by atoms with Crippen LogP contribution in [-0.4, -0.2) is 16.9 Å². The zero-order valence-corrected chi connectivity index (χ0v) is 11.8. The Morgan fingerprint density at radius 3 is 2.45 bits per heavy atom. The molecular formula is C17H20O3. The van der Waals surface area contributed by atoms with Gasteiger partial charge in [0.2, 0.25) is 0 Å². The second kappa shape index (κ2) is 6.51. The van der Waals surface area contributed by atoms with Crippen LogP contribution in [0.5, 0.6) is 0 Å². The number of carbonyl (C=O) groups is 2. The lowest BCUT2D eigenvalue weighted by atomic mass is 9.98. The van der Waals surface area contributed by atoms with Gasteiger partial charge in [-0.05, 0) is 49.0 Å². The van der Waals surface area contributed by atoms with Crippen molar-refractivity contribution in [2.45, 2.75) is 44.9 Å². The maximum atomic E-state index is 11.9. The molecule has 2 rings (SSSR count). The van der Waals surface area contributed by atoms with Gasteiger partial charge >= 0.3 is 5.97 Å². The number of aliphatic carboxylic acids is 1. The molecule has 3 nitrogen and oxygen atoms in total. The summed E-state index contributed by atoms with van der Waals surface area (Å²) in [6.07, 6.45) is 6.64. The van der Waals surface area contributed by atoms with Gasteiger partial charge in [0, 0.05) is 6.42 Å². The van der Waals surface area contributed by atoms with Crippen molar-refractivity contribution < 1.29 is 14.7 Å². The Kier molecular flexibility index (Phi) is 4.72. The summed E-state index contributed by atoms with van der Waals surface area (Å²) in [5.74, 6) is -1.07. The van der Waals surface area contributed by atoms with Crippen molar-refractivity contribution in [3.05, 3.63) is 41.0 Å². The summed E-state index contributed by atoms with van der Waals surface area (Å²) in [6, 6.07) is 7.43. The largest absolute Gasteiger partial charge is 0.481 e. The highest BCUT2D eigenvalue weighted by atomic mass is 16.4. The van der Waals surface area contributed by atoms with Gasteiger partial charge in [0.25, 0.3) is 0 Å². The molecule has 1 N–H and O–H groups in total. The first-order valence-electron chi connectivity index (χ1n) is 7.14. The van der Waals surface area contributed by atoms with Crippen LogP contribution in [0.1, 0.15) is 56.1 Å². The average Bonchev–Trinajstić information content (AvgIpc) is 2.64. The van der Waals surface area contributed by atoms with Gasteiger partial charge in [0.15, 0.2) is 5.78 Å². The molecule has 1 unspecified atom stereocenters. The lowest BCUT2D eigenvalue weighted by Gasteiger charge is -2.07. The minimum absolute atomic E-state index is 0.255. The van der Waals surface area contributed by atoms with Gasteiger partial charge < -0.3 is 5.11 Å². The molecule has 0 radical (unpaired) electrons. The van der Waals surface area contributed by atoms with Crippen molar-refractivity contribution in [2.24, 2.45) is 0 Å². The Hall–Kier alpha value is -1.90. The third-order valence-electron chi connectivity index (χ3n) is 3.86. The molecule has 20 heavy (non-hydrogen) atoms. The van der Waals surface area contributed by atoms with Crippen molar-refractivity contribution in [1.82, 2.24) is 0 Å². The van der Waals surface area contributed by atoms with Gasteiger partial charge in [-0.2, -0.15) is 0 Å². The van der Waals surface area contributed by atoms with Gasteiger partial charge in [0.1, 0.15) is 0 Å². The van der Waals surface area contributed by atoms with E-state index in [0.29, 0.717) is 6.42 Å². The molecule has 0 bridgehead atoms. The van der Waals surface area contributed by atoms with Crippen LogP contribution < -0.4 is 0 Å². The number of ketones is 1. The number of carboxylic acid groups (broad SMARTS) is 1. The van der Waals surface area contributed by atoms with Crippen LogP contribution in [0.4, 0.5) is 0 Å². The molecule has 106 valence electrons. The fourth-order valence-electron chi connectivity index (χ4n) is 2.46. The zero-order chi connectivity index (χ0) is 14.5. The molecule has 0 saturated heterocycles. The summed E-state index contributed by atoms with van der Waals surface area (Å²) in [4.78, 5) is 22.9. The SMILES string of the molecule is CC(C(=O)O)c1ccc(C=C2CCCCCC2=O)cc1. The van der Waals surface area contributed by atoms with Gasteiger partial charge in [-0.25, -0.2) is 0 Å². The summed E-state index contributed by atoms with van der Waals surface area (Å²) in [6.45, 7) is 1.67. The molecule has 1 fully saturated rings. The quantitative estimate of drug-likeness (QED) is 0.672. The Morgan fingerprint density at radius 2 is 1.80 bits per heavy atom. The monoisotopic (exact) mass is 272 g/mol. The van der Waals surface area contributed by atoms with Crippen LogP contribution in [-0.2, 0) is 9.59 Å². The molecule has 0 heterocycles. The lowest BCUT2D eigenvalue weighted by Crippen LogP contribution is -2.07. The number of benzene rings is 1. The Morgan fingerprint density at radius 1 is 1.15 bits per heavy atom. The van der Waals surface area contributed by atoms with E-state index in [1.165, 1.54) is 0 Å². The highest BCUT2D eigenvalue weighted by molar-refractivity contribution is 5.99. The Bertz CT molecular complexity index is 526. The van der Waals surface area contributed by atoms with Gasteiger partial charge in [-0.15, -0.1) is 0 Å². The van der Waals surface area contributed by atoms with E-state index in [-0.39, 0.29) is 5.78 Å². The number of hydrogen-bond donors (Lipinski definition) is 1. The summed E-state index contributed by atoms with van der Waals surface area (Å²) in [5.41, 5.74) is 2.66. The summed E-state index contributed by atoms with van der Waals surface area (Å²) >= 11 is 0. The first kappa shape index (κ1) is 14.5. The fraction of sp³-hybridized carbons (Fsp3) is 0.412. The van der Waals surface area contributed by atoms with Crippen molar-refractivity contribution in [2.75, 3.05) is 0 Å². The minimum Gasteiger partial charge on any atom is -0.481 e. The predicted octanol–water partition coefficient (Wildman–Crippen LogP) is 3.79. The second-order valence-corrected chi connectivity index (χ2v) is 5.38. The highest BCUT2D eigenvalue weighted by Crippen LogP contribution is 2.23. The van der Waals surface area contributed by atoms with E-state index >= 15 is 0 Å². The highest BCUT2D eigenvalue weighted by Gasteiger charge is 2.14. The smallest absolute Gasteiger partial charge is 0.310 e. The Labute approximate surface area is 119 Å². The molecule has 1 aliphatic rings. The number of carbonyl (C=O) groups excluding carboxylic acids is 1. The van der Waals surface area contributed by atoms with Crippen LogP contribution in [0.3, 0.4) is 0 Å². The van der Waals surface area contributed by atoms with Crippen LogP contribution in [0.15, 0.2) is 29.8 Å². The van der Waals surface area contributed by atoms with Crippen LogP contribution in [0.2, 0.25) is 0 Å². The van der Waals surface area contributed by atoms with Crippen LogP contribution in [0.25, 0.3) is 6.08 Å². The molecule has 0 amide bonds. The van der Waals surface area contributed by atoms with Crippen LogP contribution >= 0.6 is 0 Å². The molecule has 1 saturated carbocycles. The molecule has 1 aliphatic carbocycles. The lowest BCUT2D eigenvalue weighted by molar-refractivity contribution is -0.138. The van der Waals surface area contributed by atoms with Crippen molar-refractivity contribution >= 4 is 17.8 Å². The molecule has 1 atom stereocenters. The number of hydrogen-bond acceptors (Lipinski definition) is 2. The van der Waals surface area contributed by atoms with Gasteiger partial charge in [-0.3, -0.25) is 9.59 Å². The number of rotatable bonds is 3. The fourth-order valence-corrected chi connectivity index (χ4v) is 2.46. The zero-order valence-electron chi connectivity index (χ0n) is 11.8. The number of allylic oxidation sites excluding steroid dienone is 1. The average molecular weight is 272 g/mol. The first-order chi connectivity index (χ1) is 9.58. The standard InChI is InChI=1S/C17H20O3/c1-12(17(19)20)14-9-7-13(8-10-14)11-15-5-3-2-4-6-16(15)18/h7-12H,2-6H2,1H3,(H,19,20). The summed E-state index contributed by atoms with van der Waals surface area (Å²) in [7, 11) is 0. The molecule has 0 aliphatic heterocycles. The van der Waals surface area contributed by atoms with E-state index in [4.69, 9.17) is 5.11 Å². The molecular weight excluding hydrogens is 252 g/mol. The molecule has 1 aromatic rings. The minimum atomic E-state index is -0.824. The molecule has 3 heteroatoms. The molecule has 0 spiro atoms.